The highest BCUT2D eigenvalue weighted by atomic mass is 32.2. The Labute approximate surface area is 215 Å². The van der Waals surface area contributed by atoms with Gasteiger partial charge in [-0.1, -0.05) is 109 Å². The van der Waals surface area contributed by atoms with Gasteiger partial charge >= 0.3 is 5.97 Å². The van der Waals surface area contributed by atoms with Crippen molar-refractivity contribution in [2.24, 2.45) is 5.11 Å². The van der Waals surface area contributed by atoms with Gasteiger partial charge in [0, 0.05) is 4.91 Å². The van der Waals surface area contributed by atoms with Gasteiger partial charge in [-0.25, -0.2) is 13.2 Å². The Kier molecular flexibility index (Phi) is 7.61. The molecule has 0 radical (unpaired) electrons. The van der Waals surface area contributed by atoms with E-state index in [1.54, 1.807) is 24.3 Å². The van der Waals surface area contributed by atoms with Crippen LogP contribution in [0.5, 0.6) is 0 Å². The van der Waals surface area contributed by atoms with Crippen LogP contribution in [0.4, 0.5) is 0 Å². The van der Waals surface area contributed by atoms with Crippen LogP contribution in [0.2, 0.25) is 0 Å². The van der Waals surface area contributed by atoms with Crippen LogP contribution in [0.15, 0.2) is 102 Å². The van der Waals surface area contributed by atoms with E-state index in [2.05, 4.69) is 10.0 Å². The number of amides is 1. The van der Waals surface area contributed by atoms with Crippen molar-refractivity contribution in [1.82, 2.24) is 4.90 Å². The van der Waals surface area contributed by atoms with Crippen molar-refractivity contribution in [3.05, 3.63) is 119 Å². The predicted molar refractivity (Wildman–Crippen MR) is 138 cm³/mol. The molecule has 0 bridgehead atoms. The average Bonchev–Trinajstić information content (AvgIpc) is 2.90. The maximum absolute atomic E-state index is 13.4. The molecular formula is C27H26N4O5S. The van der Waals surface area contributed by atoms with E-state index in [4.69, 9.17) is 10.3 Å². The Hall–Kier alpha value is -4.14. The summed E-state index contributed by atoms with van der Waals surface area (Å²) >= 11 is 0. The van der Waals surface area contributed by atoms with E-state index in [1.165, 1.54) is 6.92 Å². The molecule has 0 unspecified atom stereocenters. The fourth-order valence-electron chi connectivity index (χ4n) is 4.60. The molecular weight excluding hydrogens is 492 g/mol. The fraction of sp³-hybridized carbons (Fsp3) is 0.259. The average molecular weight is 519 g/mol. The quantitative estimate of drug-likeness (QED) is 0.162. The van der Waals surface area contributed by atoms with E-state index in [1.807, 2.05) is 72.8 Å². The van der Waals surface area contributed by atoms with Crippen LogP contribution < -0.4 is 0 Å². The number of carbonyl (C=O) groups is 2. The highest BCUT2D eigenvalue weighted by molar-refractivity contribution is 7.92. The second-order valence-corrected chi connectivity index (χ2v) is 11.2. The minimum Gasteiger partial charge on any atom is -0.451 e. The number of carbonyl (C=O) groups excluding carboxylic acids is 2. The van der Waals surface area contributed by atoms with Gasteiger partial charge < -0.3 is 9.64 Å². The lowest BCUT2D eigenvalue weighted by molar-refractivity contribution is -0.168. The first-order valence-corrected chi connectivity index (χ1v) is 13.4. The maximum Gasteiger partial charge on any atom is 0.330 e. The summed E-state index contributed by atoms with van der Waals surface area (Å²) in [6.07, 6.45) is -0.974. The predicted octanol–water partition coefficient (Wildman–Crippen LogP) is 4.43. The summed E-state index contributed by atoms with van der Waals surface area (Å²) in [6, 6.07) is 28.8. The summed E-state index contributed by atoms with van der Waals surface area (Å²) in [5.74, 6) is -1.86. The van der Waals surface area contributed by atoms with Gasteiger partial charge in [0.05, 0.1) is 17.7 Å². The number of esters is 1. The Bertz CT molecular complexity index is 1330. The number of hydrogen-bond acceptors (Lipinski definition) is 6. The van der Waals surface area contributed by atoms with E-state index in [0.717, 1.165) is 4.90 Å². The van der Waals surface area contributed by atoms with Gasteiger partial charge in [-0.05, 0) is 16.7 Å². The van der Waals surface area contributed by atoms with Gasteiger partial charge in [0.1, 0.15) is 11.4 Å². The van der Waals surface area contributed by atoms with Crippen molar-refractivity contribution in [3.63, 3.8) is 0 Å². The topological polar surface area (TPSA) is 130 Å². The van der Waals surface area contributed by atoms with Crippen LogP contribution in [0, 0.1) is 0 Å². The number of hydrogen-bond donors (Lipinski definition) is 0. The fourth-order valence-corrected chi connectivity index (χ4v) is 6.80. The lowest BCUT2D eigenvalue weighted by Crippen LogP contribution is -2.74. The zero-order valence-corrected chi connectivity index (χ0v) is 20.9. The first-order valence-electron chi connectivity index (χ1n) is 11.7. The molecule has 0 spiro atoms. The minimum atomic E-state index is -3.75. The zero-order valence-electron chi connectivity index (χ0n) is 20.1. The van der Waals surface area contributed by atoms with Crippen LogP contribution in [0.25, 0.3) is 10.4 Å². The monoisotopic (exact) mass is 518 g/mol. The molecule has 190 valence electrons. The highest BCUT2D eigenvalue weighted by Gasteiger charge is 2.62. The molecule has 3 aromatic rings. The van der Waals surface area contributed by atoms with Crippen molar-refractivity contribution in [2.75, 3.05) is 5.75 Å². The molecule has 10 heteroatoms. The lowest BCUT2D eigenvalue weighted by atomic mass is 9.90. The normalized spacial score (nSPS) is 23.4. The SMILES string of the molecule is C[C@@]1(N=[N+]=[N-])CS(=O)(=O)[C@@H]2CC(=O)N2[C@H]1C(=O)OC(c1ccccc1)c1ccccc1.c1ccccc1. The molecule has 3 atom stereocenters. The number of nitrogens with zero attached hydrogens (tertiary/aromatic N) is 4. The number of benzene rings is 3. The molecule has 3 aromatic carbocycles. The van der Waals surface area contributed by atoms with Crippen LogP contribution in [0.3, 0.4) is 0 Å². The van der Waals surface area contributed by atoms with Gasteiger partial charge in [0.2, 0.25) is 5.91 Å². The summed E-state index contributed by atoms with van der Waals surface area (Å²) in [5, 5.41) is 2.52. The minimum absolute atomic E-state index is 0.195. The number of sulfone groups is 1. The summed E-state index contributed by atoms with van der Waals surface area (Å²) in [4.78, 5) is 29.4. The molecule has 2 saturated heterocycles. The third kappa shape index (κ3) is 5.50. The molecule has 0 aliphatic carbocycles. The maximum atomic E-state index is 13.4. The van der Waals surface area contributed by atoms with Crippen LogP contribution >= 0.6 is 0 Å². The summed E-state index contributed by atoms with van der Waals surface area (Å²) in [6.45, 7) is 1.36. The highest BCUT2D eigenvalue weighted by Crippen LogP contribution is 2.41. The number of ether oxygens (including phenoxy) is 1. The van der Waals surface area contributed by atoms with E-state index in [9.17, 15) is 18.0 Å². The smallest absolute Gasteiger partial charge is 0.330 e. The van der Waals surface area contributed by atoms with Crippen molar-refractivity contribution >= 4 is 21.7 Å². The molecule has 2 heterocycles. The van der Waals surface area contributed by atoms with Gasteiger partial charge in [-0.15, -0.1) is 0 Å². The summed E-state index contributed by atoms with van der Waals surface area (Å²) in [7, 11) is -3.75. The van der Waals surface area contributed by atoms with E-state index < -0.39 is 50.5 Å². The van der Waals surface area contributed by atoms with E-state index >= 15 is 0 Å². The molecule has 0 aromatic heterocycles. The van der Waals surface area contributed by atoms with E-state index in [-0.39, 0.29) is 6.42 Å². The Morgan fingerprint density at radius 3 is 1.86 bits per heavy atom. The Morgan fingerprint density at radius 2 is 1.43 bits per heavy atom. The number of β-lactam (4-membered cyclic amide) rings is 1. The number of rotatable bonds is 5. The molecule has 2 fully saturated rings. The van der Waals surface area contributed by atoms with Gasteiger partial charge in [0.15, 0.2) is 15.9 Å². The Balaban J connectivity index is 0.000000469. The first-order chi connectivity index (χ1) is 17.8. The number of fused-ring (bicyclic) bond motifs is 1. The largest absolute Gasteiger partial charge is 0.451 e. The van der Waals surface area contributed by atoms with Crippen molar-refractivity contribution in [1.29, 1.82) is 0 Å². The molecule has 2 aliphatic rings. The molecule has 0 saturated carbocycles. The second-order valence-electron chi connectivity index (χ2n) is 9.01. The van der Waals surface area contributed by atoms with Gasteiger partial charge in [0.25, 0.3) is 0 Å². The second kappa shape index (κ2) is 10.9. The third-order valence-corrected chi connectivity index (χ3v) is 8.53. The lowest BCUT2D eigenvalue weighted by Gasteiger charge is -2.52. The van der Waals surface area contributed by atoms with Gasteiger partial charge in [-0.3, -0.25) is 4.79 Å². The first kappa shape index (κ1) is 25.9. The molecule has 1 amide bonds. The van der Waals surface area contributed by atoms with Crippen LogP contribution in [-0.4, -0.2) is 47.9 Å². The summed E-state index contributed by atoms with van der Waals surface area (Å²) in [5.41, 5.74) is 8.77. The van der Waals surface area contributed by atoms with E-state index in [0.29, 0.717) is 11.1 Å². The standard InChI is InChI=1S/C21H20N4O5S.C6H6/c1-21(23-24-22)13-31(28,29)17-12-16(26)25(17)19(21)20(27)30-18(14-8-4-2-5-9-14)15-10-6-3-7-11-15;1-2-4-6-5-3-1/h2-11,17-19H,12-13H2,1H3;1-6H/t17-,19+,21-;/m1./s1. The molecule has 0 N–H and O–H groups in total. The van der Waals surface area contributed by atoms with Crippen LogP contribution in [0.1, 0.15) is 30.6 Å². The van der Waals surface area contributed by atoms with Gasteiger partial charge in [-0.2, -0.15) is 0 Å². The number of azide groups is 1. The Morgan fingerprint density at radius 1 is 0.973 bits per heavy atom. The van der Waals surface area contributed by atoms with Crippen molar-refractivity contribution in [2.45, 2.75) is 36.4 Å². The molecule has 2 aliphatic heterocycles. The van der Waals surface area contributed by atoms with Crippen molar-refractivity contribution < 1.29 is 22.7 Å². The molecule has 9 nitrogen and oxygen atoms in total. The molecule has 37 heavy (non-hydrogen) atoms. The summed E-state index contributed by atoms with van der Waals surface area (Å²) < 4.78 is 31.0. The molecule has 5 rings (SSSR count). The van der Waals surface area contributed by atoms with Crippen LogP contribution in [-0.2, 0) is 24.2 Å². The zero-order chi connectivity index (χ0) is 26.5. The van der Waals surface area contributed by atoms with Crippen molar-refractivity contribution in [3.8, 4) is 0 Å². The third-order valence-electron chi connectivity index (χ3n) is 6.32.